The summed E-state index contributed by atoms with van der Waals surface area (Å²) in [5.74, 6) is -1.12. The average molecular weight is 464 g/mol. The van der Waals surface area contributed by atoms with Crippen LogP contribution in [0.2, 0.25) is 0 Å². The lowest BCUT2D eigenvalue weighted by Gasteiger charge is -2.08. The highest BCUT2D eigenvalue weighted by Gasteiger charge is 2.14. The summed E-state index contributed by atoms with van der Waals surface area (Å²) < 4.78 is 6.20. The van der Waals surface area contributed by atoms with Crippen molar-refractivity contribution in [1.29, 1.82) is 0 Å². The number of carbonyl (C=O) groups excluding carboxylic acids is 1. The molecule has 0 fully saturated rings. The molecule has 1 rings (SSSR count). The van der Waals surface area contributed by atoms with Crippen LogP contribution in [0, 0.1) is 7.14 Å². The molecule has 0 saturated carbocycles. The molecular weight excluding hydrogens is 458 g/mol. The zero-order chi connectivity index (χ0) is 12.3. The number of carboxylic acid groups (broad SMARTS) is 1. The molecule has 0 spiro atoms. The second-order valence-corrected chi connectivity index (χ2v) is 5.35. The lowest BCUT2D eigenvalue weighted by Crippen LogP contribution is -2.11. The summed E-state index contributed by atoms with van der Waals surface area (Å²) in [5, 5.41) is 8.83. The molecule has 1 N–H and O–H groups in total. The van der Waals surface area contributed by atoms with Gasteiger partial charge in [-0.25, -0.2) is 4.79 Å². The molecule has 0 amide bonds. The van der Waals surface area contributed by atoms with Crippen LogP contribution in [-0.4, -0.2) is 22.8 Å². The maximum absolute atomic E-state index is 11.1. The highest BCUT2D eigenvalue weighted by atomic mass is 127. The topological polar surface area (TPSA) is 63.6 Å². The van der Waals surface area contributed by atoms with Crippen molar-refractivity contribution < 1.29 is 19.4 Å². The van der Waals surface area contributed by atoms with E-state index in [0.717, 1.165) is 0 Å². The third-order valence-corrected chi connectivity index (χ3v) is 3.45. The highest BCUT2D eigenvalue weighted by Crippen LogP contribution is 2.29. The van der Waals surface area contributed by atoms with E-state index in [-0.39, 0.29) is 11.3 Å². The molecule has 1 aromatic carbocycles. The van der Waals surface area contributed by atoms with Crippen molar-refractivity contribution in [3.05, 3.63) is 24.8 Å². The normalized spacial score (nSPS) is 9.94. The number of hydrogen-bond donors (Lipinski definition) is 2. The quantitative estimate of drug-likeness (QED) is 0.313. The van der Waals surface area contributed by atoms with Crippen molar-refractivity contribution in [2.24, 2.45) is 0 Å². The molecule has 0 aliphatic heterocycles. The Labute approximate surface area is 124 Å². The predicted molar refractivity (Wildman–Crippen MR) is 78.3 cm³/mol. The first kappa shape index (κ1) is 14.0. The average Bonchev–Trinajstić information content (AvgIpc) is 2.22. The summed E-state index contributed by atoms with van der Waals surface area (Å²) in [7, 11) is 0. The van der Waals surface area contributed by atoms with Crippen molar-refractivity contribution in [3.63, 3.8) is 0 Å². The molecule has 0 aliphatic rings. The lowest BCUT2D eigenvalue weighted by molar-refractivity contribution is -0.131. The Morgan fingerprint density at radius 2 is 1.81 bits per heavy atom. The van der Waals surface area contributed by atoms with Gasteiger partial charge in [-0.05, 0) is 57.3 Å². The van der Waals surface area contributed by atoms with Gasteiger partial charge in [0.25, 0.3) is 0 Å². The number of rotatable bonds is 3. The number of thiol groups is 1. The van der Waals surface area contributed by atoms with Crippen LogP contribution >= 0.6 is 57.8 Å². The summed E-state index contributed by atoms with van der Waals surface area (Å²) >= 11 is 7.64. The van der Waals surface area contributed by atoms with Crippen molar-refractivity contribution in [1.82, 2.24) is 0 Å². The van der Waals surface area contributed by atoms with E-state index in [1.807, 2.05) is 45.2 Å². The van der Waals surface area contributed by atoms with Gasteiger partial charge in [0, 0.05) is 0 Å². The molecule has 0 heterocycles. The number of esters is 1. The van der Waals surface area contributed by atoms with Gasteiger partial charge in [0.05, 0.1) is 18.5 Å². The Morgan fingerprint density at radius 3 is 2.19 bits per heavy atom. The van der Waals surface area contributed by atoms with E-state index >= 15 is 0 Å². The molecule has 0 aromatic heterocycles. The smallest absolute Gasteiger partial charge is 0.335 e. The van der Waals surface area contributed by atoms with Gasteiger partial charge >= 0.3 is 11.9 Å². The Morgan fingerprint density at radius 1 is 1.31 bits per heavy atom. The number of ether oxygens (including phenoxy) is 1. The first-order valence-corrected chi connectivity index (χ1v) is 6.78. The summed E-state index contributed by atoms with van der Waals surface area (Å²) in [5.41, 5.74) is 0.166. The van der Waals surface area contributed by atoms with Crippen LogP contribution in [0.15, 0.2) is 12.1 Å². The first-order chi connectivity index (χ1) is 7.45. The third-order valence-electron chi connectivity index (χ3n) is 1.59. The van der Waals surface area contributed by atoms with Crippen LogP contribution in [0.25, 0.3) is 0 Å². The number of aromatic carboxylic acids is 1. The van der Waals surface area contributed by atoms with E-state index < -0.39 is 11.9 Å². The zero-order valence-corrected chi connectivity index (χ0v) is 12.9. The van der Waals surface area contributed by atoms with Gasteiger partial charge in [0.15, 0.2) is 5.75 Å². The second kappa shape index (κ2) is 6.05. The molecule has 16 heavy (non-hydrogen) atoms. The molecule has 0 radical (unpaired) electrons. The van der Waals surface area contributed by atoms with Crippen LogP contribution in [0.3, 0.4) is 0 Å². The molecule has 1 aromatic rings. The molecule has 0 saturated heterocycles. The van der Waals surface area contributed by atoms with Crippen LogP contribution in [0.4, 0.5) is 0 Å². The zero-order valence-electron chi connectivity index (χ0n) is 7.74. The van der Waals surface area contributed by atoms with E-state index in [1.165, 1.54) is 12.1 Å². The van der Waals surface area contributed by atoms with Crippen LogP contribution in [0.1, 0.15) is 10.4 Å². The largest absolute Gasteiger partial charge is 0.478 e. The summed E-state index contributed by atoms with van der Waals surface area (Å²) in [6, 6.07) is 2.90. The minimum atomic E-state index is -1.01. The molecule has 86 valence electrons. The Bertz CT molecular complexity index is 424. The predicted octanol–water partition coefficient (Wildman–Crippen LogP) is 2.43. The Hall–Kier alpha value is -0.0300. The lowest BCUT2D eigenvalue weighted by atomic mass is 10.2. The number of halogens is 2. The van der Waals surface area contributed by atoms with Gasteiger partial charge in [0.1, 0.15) is 0 Å². The monoisotopic (exact) mass is 464 g/mol. The number of benzene rings is 1. The van der Waals surface area contributed by atoms with Crippen molar-refractivity contribution in [2.75, 3.05) is 5.75 Å². The summed E-state index contributed by atoms with van der Waals surface area (Å²) in [6.45, 7) is 0. The highest BCUT2D eigenvalue weighted by molar-refractivity contribution is 14.1. The third kappa shape index (κ3) is 3.48. The van der Waals surface area contributed by atoms with Crippen LogP contribution in [0.5, 0.6) is 5.75 Å². The number of hydrogen-bond acceptors (Lipinski definition) is 4. The minimum Gasteiger partial charge on any atom is -0.478 e. The molecule has 0 bridgehead atoms. The van der Waals surface area contributed by atoms with Crippen molar-refractivity contribution in [3.8, 4) is 5.75 Å². The maximum Gasteiger partial charge on any atom is 0.335 e. The molecule has 0 unspecified atom stereocenters. The fourth-order valence-electron chi connectivity index (χ4n) is 0.927. The second-order valence-electron chi connectivity index (χ2n) is 2.71. The molecular formula is C9H6I2O4S. The molecule has 0 atom stereocenters. The molecule has 0 aliphatic carbocycles. The first-order valence-electron chi connectivity index (χ1n) is 3.99. The molecule has 4 nitrogen and oxygen atoms in total. The Kier molecular flexibility index (Phi) is 5.31. The fraction of sp³-hybridized carbons (Fsp3) is 0.111. The van der Waals surface area contributed by atoms with Gasteiger partial charge in [-0.1, -0.05) is 0 Å². The van der Waals surface area contributed by atoms with Gasteiger partial charge < -0.3 is 9.84 Å². The standard InChI is InChI=1S/C9H6I2O4S/c10-5-1-4(9(13)14)2-6(11)8(5)15-7(12)3-16/h1-2,16H,3H2,(H,13,14). The SMILES string of the molecule is O=C(CS)Oc1c(I)cc(C(=O)O)cc1I. The summed E-state index contributed by atoms with van der Waals surface area (Å²) in [4.78, 5) is 21.9. The van der Waals surface area contributed by atoms with E-state index in [4.69, 9.17) is 9.84 Å². The van der Waals surface area contributed by atoms with Crippen molar-refractivity contribution >= 4 is 69.7 Å². The van der Waals surface area contributed by atoms with E-state index in [0.29, 0.717) is 12.9 Å². The van der Waals surface area contributed by atoms with Gasteiger partial charge in [-0.15, -0.1) is 0 Å². The van der Waals surface area contributed by atoms with E-state index in [2.05, 4.69) is 12.6 Å². The van der Waals surface area contributed by atoms with Gasteiger partial charge in [-0.3, -0.25) is 4.79 Å². The fourth-order valence-corrected chi connectivity index (χ4v) is 2.98. The number of carbonyl (C=O) groups is 2. The van der Waals surface area contributed by atoms with Crippen LogP contribution in [-0.2, 0) is 4.79 Å². The van der Waals surface area contributed by atoms with Gasteiger partial charge in [-0.2, -0.15) is 12.6 Å². The minimum absolute atomic E-state index is 0.0210. The maximum atomic E-state index is 11.1. The van der Waals surface area contributed by atoms with Crippen molar-refractivity contribution in [2.45, 2.75) is 0 Å². The molecule has 7 heteroatoms. The Balaban J connectivity index is 3.12. The van der Waals surface area contributed by atoms with E-state index in [9.17, 15) is 9.59 Å². The number of carboxylic acids is 1. The summed E-state index contributed by atoms with van der Waals surface area (Å²) in [6.07, 6.45) is 0. The van der Waals surface area contributed by atoms with E-state index in [1.54, 1.807) is 0 Å². The van der Waals surface area contributed by atoms with Gasteiger partial charge in [0.2, 0.25) is 0 Å². The van der Waals surface area contributed by atoms with Crippen LogP contribution < -0.4 is 4.74 Å².